The van der Waals surface area contributed by atoms with E-state index in [1.807, 2.05) is 12.2 Å². The van der Waals surface area contributed by atoms with E-state index < -0.39 is 21.4 Å². The Morgan fingerprint density at radius 2 is 1.93 bits per heavy atom. The number of hydrogen-bond acceptors (Lipinski definition) is 5. The van der Waals surface area contributed by atoms with E-state index >= 15 is 0 Å². The molecule has 2 fully saturated rings. The molecule has 0 unspecified atom stereocenters. The van der Waals surface area contributed by atoms with Gasteiger partial charge in [-0.15, -0.1) is 0 Å². The van der Waals surface area contributed by atoms with Gasteiger partial charge in [0.05, 0.1) is 13.2 Å². The van der Waals surface area contributed by atoms with Crippen LogP contribution < -0.4 is 4.18 Å². The van der Waals surface area contributed by atoms with E-state index in [1.54, 1.807) is 6.07 Å². The van der Waals surface area contributed by atoms with Crippen molar-refractivity contribution in [2.45, 2.75) is 55.7 Å². The minimum atomic E-state index is -5.70. The molecule has 160 valence electrons. The van der Waals surface area contributed by atoms with Crippen molar-refractivity contribution in [3.05, 3.63) is 35.4 Å². The fourth-order valence-corrected chi connectivity index (χ4v) is 5.54. The fourth-order valence-electron chi connectivity index (χ4n) is 5.09. The van der Waals surface area contributed by atoms with Gasteiger partial charge >= 0.3 is 15.6 Å². The molecule has 1 aliphatic heterocycles. The summed E-state index contributed by atoms with van der Waals surface area (Å²) in [6.07, 6.45) is 7.78. The SMILES string of the molecule is CC[C@@]12CCC3(C[C@@H]1CC=Cc1cc(OS(=O)(=O)C(F)(F)F)ccc12)OCCO3. The Hall–Kier alpha value is -1.58. The van der Waals surface area contributed by atoms with Crippen molar-refractivity contribution in [2.75, 3.05) is 13.2 Å². The summed E-state index contributed by atoms with van der Waals surface area (Å²) < 4.78 is 76.8. The van der Waals surface area contributed by atoms with Gasteiger partial charge in [0.2, 0.25) is 0 Å². The van der Waals surface area contributed by atoms with Crippen molar-refractivity contribution in [1.82, 2.24) is 0 Å². The average Bonchev–Trinajstić information content (AvgIpc) is 3.03. The third kappa shape index (κ3) is 3.47. The van der Waals surface area contributed by atoms with Crippen LogP contribution in [-0.4, -0.2) is 32.9 Å². The third-order valence-corrected chi connectivity index (χ3v) is 7.48. The third-order valence-electron chi connectivity index (χ3n) is 6.50. The minimum absolute atomic E-state index is 0.180. The predicted octanol–water partition coefficient (Wildman–Crippen LogP) is 4.52. The van der Waals surface area contributed by atoms with Gasteiger partial charge in [-0.25, -0.2) is 0 Å². The number of allylic oxidation sites excluding steroid dienone is 1. The molecule has 1 saturated heterocycles. The van der Waals surface area contributed by atoms with E-state index in [-0.39, 0.29) is 17.1 Å². The van der Waals surface area contributed by atoms with Crippen LogP contribution in [0.4, 0.5) is 13.2 Å². The van der Waals surface area contributed by atoms with Crippen LogP contribution in [0.5, 0.6) is 5.75 Å². The fraction of sp³-hybridized carbons (Fsp3) is 0.600. The van der Waals surface area contributed by atoms with E-state index in [0.717, 1.165) is 37.7 Å². The smallest absolute Gasteiger partial charge is 0.376 e. The van der Waals surface area contributed by atoms with E-state index in [1.165, 1.54) is 12.1 Å². The van der Waals surface area contributed by atoms with E-state index in [2.05, 4.69) is 11.1 Å². The molecule has 0 bridgehead atoms. The Kier molecular flexibility index (Phi) is 4.99. The van der Waals surface area contributed by atoms with E-state index in [9.17, 15) is 21.6 Å². The van der Waals surface area contributed by atoms with Crippen molar-refractivity contribution in [1.29, 1.82) is 0 Å². The first kappa shape index (κ1) is 20.7. The molecule has 2 atom stereocenters. The second-order valence-electron chi connectivity index (χ2n) is 7.89. The molecule has 2 aliphatic carbocycles. The number of hydrogen-bond donors (Lipinski definition) is 0. The number of benzene rings is 1. The van der Waals surface area contributed by atoms with Crippen molar-refractivity contribution in [3.8, 4) is 5.75 Å². The summed E-state index contributed by atoms with van der Waals surface area (Å²) in [5.41, 5.74) is -3.96. The Bertz CT molecular complexity index is 919. The average molecular weight is 432 g/mol. The first-order chi connectivity index (χ1) is 13.6. The molecule has 4 rings (SSSR count). The first-order valence-corrected chi connectivity index (χ1v) is 11.1. The molecule has 3 aliphatic rings. The number of ether oxygens (including phenoxy) is 2. The molecule has 1 spiro atoms. The minimum Gasteiger partial charge on any atom is -0.376 e. The van der Waals surface area contributed by atoms with Gasteiger partial charge in [-0.2, -0.15) is 21.6 Å². The van der Waals surface area contributed by atoms with Gasteiger partial charge < -0.3 is 13.7 Å². The summed E-state index contributed by atoms with van der Waals surface area (Å²) in [7, 11) is -5.70. The summed E-state index contributed by atoms with van der Waals surface area (Å²) in [6, 6.07) is 4.39. The number of alkyl halides is 3. The lowest BCUT2D eigenvalue weighted by Crippen LogP contribution is -2.48. The lowest BCUT2D eigenvalue weighted by Gasteiger charge is -2.49. The lowest BCUT2D eigenvalue weighted by atomic mass is 9.58. The van der Waals surface area contributed by atoms with E-state index in [4.69, 9.17) is 9.47 Å². The molecule has 9 heteroatoms. The topological polar surface area (TPSA) is 61.8 Å². The van der Waals surface area contributed by atoms with Crippen molar-refractivity contribution in [3.63, 3.8) is 0 Å². The molecule has 1 saturated carbocycles. The zero-order chi connectivity index (χ0) is 20.9. The Labute approximate surface area is 168 Å². The van der Waals surface area contributed by atoms with Crippen molar-refractivity contribution in [2.24, 2.45) is 5.92 Å². The normalized spacial score (nSPS) is 28.6. The summed E-state index contributed by atoms with van der Waals surface area (Å²) in [5, 5.41) is 0. The van der Waals surface area contributed by atoms with Crippen LogP contribution in [0.1, 0.15) is 50.2 Å². The van der Waals surface area contributed by atoms with Crippen LogP contribution in [0.25, 0.3) is 6.08 Å². The molecule has 29 heavy (non-hydrogen) atoms. The van der Waals surface area contributed by atoms with Crippen molar-refractivity contribution >= 4 is 16.2 Å². The maximum Gasteiger partial charge on any atom is 0.534 e. The summed E-state index contributed by atoms with van der Waals surface area (Å²) in [4.78, 5) is 0. The first-order valence-electron chi connectivity index (χ1n) is 9.71. The van der Waals surface area contributed by atoms with Crippen LogP contribution in [-0.2, 0) is 25.0 Å². The summed E-state index contributed by atoms with van der Waals surface area (Å²) in [5.74, 6) is -0.626. The molecule has 0 aromatic heterocycles. The largest absolute Gasteiger partial charge is 0.534 e. The van der Waals surface area contributed by atoms with Crippen LogP contribution >= 0.6 is 0 Å². The number of rotatable bonds is 3. The monoisotopic (exact) mass is 432 g/mol. The highest BCUT2D eigenvalue weighted by atomic mass is 32.2. The van der Waals surface area contributed by atoms with Gasteiger partial charge in [0.25, 0.3) is 0 Å². The highest BCUT2D eigenvalue weighted by Gasteiger charge is 2.52. The van der Waals surface area contributed by atoms with Crippen LogP contribution in [0.2, 0.25) is 0 Å². The molecule has 1 heterocycles. The highest BCUT2D eigenvalue weighted by Crippen LogP contribution is 2.55. The molecule has 1 aromatic rings. The van der Waals surface area contributed by atoms with Gasteiger partial charge in [0.15, 0.2) is 5.79 Å². The van der Waals surface area contributed by atoms with Gasteiger partial charge in [0.1, 0.15) is 5.75 Å². The summed E-state index contributed by atoms with van der Waals surface area (Å²) in [6.45, 7) is 3.29. The maximum atomic E-state index is 12.7. The van der Waals surface area contributed by atoms with E-state index in [0.29, 0.717) is 18.8 Å². The number of fused-ring (bicyclic) bond motifs is 3. The Morgan fingerprint density at radius 3 is 2.59 bits per heavy atom. The molecule has 5 nitrogen and oxygen atoms in total. The Morgan fingerprint density at radius 1 is 1.21 bits per heavy atom. The highest BCUT2D eigenvalue weighted by molar-refractivity contribution is 7.88. The molecule has 0 radical (unpaired) electrons. The van der Waals surface area contributed by atoms with Gasteiger partial charge in [0, 0.05) is 12.8 Å². The second-order valence-corrected chi connectivity index (χ2v) is 9.43. The summed E-state index contributed by atoms with van der Waals surface area (Å²) >= 11 is 0. The quantitative estimate of drug-likeness (QED) is 0.519. The van der Waals surface area contributed by atoms with Crippen LogP contribution in [0.3, 0.4) is 0 Å². The maximum absolute atomic E-state index is 12.7. The molecular weight excluding hydrogens is 409 g/mol. The zero-order valence-corrected chi connectivity index (χ0v) is 16.8. The molecule has 1 aromatic carbocycles. The Balaban J connectivity index is 1.69. The molecular formula is C20H23F3O5S. The van der Waals surface area contributed by atoms with Crippen LogP contribution in [0, 0.1) is 5.92 Å². The molecule has 0 amide bonds. The van der Waals surface area contributed by atoms with Crippen molar-refractivity contribution < 1.29 is 35.2 Å². The second kappa shape index (κ2) is 6.99. The van der Waals surface area contributed by atoms with Crippen LogP contribution in [0.15, 0.2) is 24.3 Å². The molecule has 0 N–H and O–H groups in total. The zero-order valence-electron chi connectivity index (χ0n) is 16.0. The lowest BCUT2D eigenvalue weighted by molar-refractivity contribution is -0.198. The standard InChI is InChI=1S/C20H23F3O5S/c1-2-18-8-9-19(26-10-11-27-19)13-15(18)5-3-4-14-12-16(6-7-17(14)18)28-29(24,25)20(21,22)23/h3-4,6-7,12,15H,2,5,8-11,13H2,1H3/t15-,18+/m0/s1. The van der Waals surface area contributed by atoms with Gasteiger partial charge in [-0.05, 0) is 53.9 Å². The van der Waals surface area contributed by atoms with Gasteiger partial charge in [-0.3, -0.25) is 0 Å². The predicted molar refractivity (Wildman–Crippen MR) is 99.6 cm³/mol. The number of halogens is 3. The van der Waals surface area contributed by atoms with Gasteiger partial charge in [-0.1, -0.05) is 25.1 Å².